The van der Waals surface area contributed by atoms with Crippen molar-refractivity contribution in [3.63, 3.8) is 0 Å². The molecule has 0 bridgehead atoms. The van der Waals surface area contributed by atoms with Crippen LogP contribution in [-0.2, 0) is 9.53 Å². The van der Waals surface area contributed by atoms with Crippen LogP contribution in [0.3, 0.4) is 0 Å². The summed E-state index contributed by atoms with van der Waals surface area (Å²) in [5, 5.41) is 12.8. The van der Waals surface area contributed by atoms with Crippen LogP contribution in [0.15, 0.2) is 36.4 Å². The number of benzene rings is 1. The Morgan fingerprint density at radius 3 is 2.65 bits per heavy atom. The van der Waals surface area contributed by atoms with E-state index in [0.717, 1.165) is 18.7 Å². The third kappa shape index (κ3) is 2.87. The van der Waals surface area contributed by atoms with Crippen LogP contribution in [0, 0.1) is 11.7 Å². The van der Waals surface area contributed by atoms with Crippen molar-refractivity contribution in [3.8, 4) is 11.4 Å². The van der Waals surface area contributed by atoms with E-state index >= 15 is 0 Å². The molecule has 3 heterocycles. The van der Waals surface area contributed by atoms with Crippen molar-refractivity contribution in [2.24, 2.45) is 5.92 Å². The summed E-state index contributed by atoms with van der Waals surface area (Å²) >= 11 is 0. The second-order valence-electron chi connectivity index (χ2n) is 6.25. The van der Waals surface area contributed by atoms with Gasteiger partial charge in [0.05, 0.1) is 18.6 Å². The summed E-state index contributed by atoms with van der Waals surface area (Å²) in [6.45, 7) is 1.41. The minimum atomic E-state index is -0.368. The molecule has 0 spiro atoms. The fourth-order valence-corrected chi connectivity index (χ4v) is 3.27. The molecular weight excluding hydrogens is 337 g/mol. The van der Waals surface area contributed by atoms with Gasteiger partial charge in [-0.1, -0.05) is 12.1 Å². The van der Waals surface area contributed by atoms with Crippen molar-refractivity contribution in [2.45, 2.75) is 12.8 Å². The molecule has 0 amide bonds. The number of esters is 1. The molecule has 3 aromatic rings. The monoisotopic (exact) mass is 355 g/mol. The fourth-order valence-electron chi connectivity index (χ4n) is 3.27. The van der Waals surface area contributed by atoms with Crippen LogP contribution in [0.4, 0.5) is 10.2 Å². The summed E-state index contributed by atoms with van der Waals surface area (Å²) in [4.78, 5) is 13.8. The zero-order valence-corrected chi connectivity index (χ0v) is 14.3. The van der Waals surface area contributed by atoms with E-state index in [2.05, 4.69) is 20.2 Å². The first-order chi connectivity index (χ1) is 12.7. The number of nitrogens with zero attached hydrogens (tertiary/aromatic N) is 5. The standard InChI is InChI=1S/C18H18FN5O2/c1-26-18(25)12-8-10-23(11-9-12)16-7-6-15-20-21-17(24(15)22-16)13-4-2-3-5-14(13)19/h2-7,12H,8-11H2,1H3. The molecule has 8 heteroatoms. The Kier molecular flexibility index (Phi) is 4.24. The predicted octanol–water partition coefficient (Wildman–Crippen LogP) is 2.32. The number of ether oxygens (including phenoxy) is 1. The lowest BCUT2D eigenvalue weighted by atomic mass is 9.97. The molecule has 2 aromatic heterocycles. The number of piperidine rings is 1. The summed E-state index contributed by atoms with van der Waals surface area (Å²) in [5.74, 6) is 0.521. The van der Waals surface area contributed by atoms with Gasteiger partial charge in [0.2, 0.25) is 0 Å². The van der Waals surface area contributed by atoms with E-state index < -0.39 is 0 Å². The molecule has 0 unspecified atom stereocenters. The maximum atomic E-state index is 14.1. The van der Waals surface area contributed by atoms with Gasteiger partial charge in [-0.3, -0.25) is 4.79 Å². The van der Waals surface area contributed by atoms with Gasteiger partial charge in [0.25, 0.3) is 0 Å². The van der Waals surface area contributed by atoms with E-state index in [1.165, 1.54) is 13.2 Å². The lowest BCUT2D eigenvalue weighted by Gasteiger charge is -2.31. The normalized spacial score (nSPS) is 15.4. The van der Waals surface area contributed by atoms with E-state index in [0.29, 0.717) is 30.1 Å². The highest BCUT2D eigenvalue weighted by Crippen LogP contribution is 2.25. The number of carbonyl (C=O) groups is 1. The first kappa shape index (κ1) is 16.4. The average Bonchev–Trinajstić information content (AvgIpc) is 3.11. The number of hydrogen-bond donors (Lipinski definition) is 0. The fraction of sp³-hybridized carbons (Fsp3) is 0.333. The summed E-state index contributed by atoms with van der Waals surface area (Å²) in [7, 11) is 1.42. The maximum absolute atomic E-state index is 14.1. The Balaban J connectivity index is 1.63. The van der Waals surface area contributed by atoms with Crippen molar-refractivity contribution in [2.75, 3.05) is 25.1 Å². The molecule has 1 aromatic carbocycles. The van der Waals surface area contributed by atoms with Gasteiger partial charge in [-0.05, 0) is 37.1 Å². The van der Waals surface area contributed by atoms with Crippen molar-refractivity contribution < 1.29 is 13.9 Å². The first-order valence-electron chi connectivity index (χ1n) is 8.47. The topological polar surface area (TPSA) is 72.6 Å². The number of anilines is 1. The van der Waals surface area contributed by atoms with E-state index in [9.17, 15) is 9.18 Å². The van der Waals surface area contributed by atoms with Gasteiger partial charge in [0, 0.05) is 13.1 Å². The molecule has 0 atom stereocenters. The van der Waals surface area contributed by atoms with Gasteiger partial charge in [-0.25, -0.2) is 4.39 Å². The maximum Gasteiger partial charge on any atom is 0.308 e. The number of hydrogen-bond acceptors (Lipinski definition) is 6. The summed E-state index contributed by atoms with van der Waals surface area (Å²) in [6.07, 6.45) is 1.43. The Morgan fingerprint density at radius 1 is 1.15 bits per heavy atom. The Labute approximate surface area is 149 Å². The van der Waals surface area contributed by atoms with Gasteiger partial charge < -0.3 is 9.64 Å². The van der Waals surface area contributed by atoms with E-state index in [1.807, 2.05) is 12.1 Å². The molecule has 0 saturated carbocycles. The number of halogens is 1. The van der Waals surface area contributed by atoms with Crippen LogP contribution in [-0.4, -0.2) is 46.0 Å². The van der Waals surface area contributed by atoms with Crippen LogP contribution in [0.5, 0.6) is 0 Å². The minimum absolute atomic E-state index is 0.0659. The number of fused-ring (bicyclic) bond motifs is 1. The zero-order chi connectivity index (χ0) is 18.1. The van der Waals surface area contributed by atoms with Crippen LogP contribution in [0.1, 0.15) is 12.8 Å². The van der Waals surface area contributed by atoms with Crippen LogP contribution >= 0.6 is 0 Å². The summed E-state index contributed by atoms with van der Waals surface area (Å²) in [5.41, 5.74) is 0.908. The molecule has 7 nitrogen and oxygen atoms in total. The zero-order valence-electron chi connectivity index (χ0n) is 14.3. The summed E-state index contributed by atoms with van der Waals surface area (Å²) < 4.78 is 20.5. The highest BCUT2D eigenvalue weighted by molar-refractivity contribution is 5.72. The third-order valence-corrected chi connectivity index (χ3v) is 4.72. The molecule has 0 N–H and O–H groups in total. The molecule has 134 valence electrons. The van der Waals surface area contributed by atoms with E-state index in [-0.39, 0.29) is 17.7 Å². The van der Waals surface area contributed by atoms with Crippen molar-refractivity contribution in [3.05, 3.63) is 42.2 Å². The third-order valence-electron chi connectivity index (χ3n) is 4.72. The SMILES string of the molecule is COC(=O)C1CCN(c2ccc3nnc(-c4ccccc4F)n3n2)CC1. The van der Waals surface area contributed by atoms with Gasteiger partial charge in [-0.15, -0.1) is 15.3 Å². The van der Waals surface area contributed by atoms with Gasteiger partial charge in [-0.2, -0.15) is 4.52 Å². The quantitative estimate of drug-likeness (QED) is 0.672. The molecule has 26 heavy (non-hydrogen) atoms. The van der Waals surface area contributed by atoms with Gasteiger partial charge >= 0.3 is 5.97 Å². The van der Waals surface area contributed by atoms with Gasteiger partial charge in [0.15, 0.2) is 11.5 Å². The second kappa shape index (κ2) is 6.70. The molecular formula is C18H18FN5O2. The van der Waals surface area contributed by atoms with Crippen molar-refractivity contribution in [1.82, 2.24) is 19.8 Å². The van der Waals surface area contributed by atoms with Crippen LogP contribution in [0.25, 0.3) is 17.0 Å². The lowest BCUT2D eigenvalue weighted by molar-refractivity contribution is -0.146. The number of carbonyl (C=O) groups excluding carboxylic acids is 1. The van der Waals surface area contributed by atoms with Crippen LogP contribution in [0.2, 0.25) is 0 Å². The smallest absolute Gasteiger partial charge is 0.308 e. The number of rotatable bonds is 3. The minimum Gasteiger partial charge on any atom is -0.469 e. The largest absolute Gasteiger partial charge is 0.469 e. The molecule has 0 aliphatic carbocycles. The highest BCUT2D eigenvalue weighted by atomic mass is 19.1. The van der Waals surface area contributed by atoms with Crippen molar-refractivity contribution in [1.29, 1.82) is 0 Å². The molecule has 1 aliphatic heterocycles. The number of methoxy groups -OCH3 is 1. The molecule has 1 fully saturated rings. The Bertz CT molecular complexity index is 950. The summed E-state index contributed by atoms with van der Waals surface area (Å²) in [6, 6.07) is 10.1. The molecule has 1 aliphatic rings. The molecule has 0 radical (unpaired) electrons. The predicted molar refractivity (Wildman–Crippen MR) is 93.1 cm³/mol. The Morgan fingerprint density at radius 2 is 1.92 bits per heavy atom. The van der Waals surface area contributed by atoms with Gasteiger partial charge in [0.1, 0.15) is 11.6 Å². The highest BCUT2D eigenvalue weighted by Gasteiger charge is 2.26. The van der Waals surface area contributed by atoms with Crippen molar-refractivity contribution >= 4 is 17.4 Å². The molecule has 4 rings (SSSR count). The number of aromatic nitrogens is 4. The van der Waals surface area contributed by atoms with E-state index in [1.54, 1.807) is 22.7 Å². The second-order valence-corrected chi connectivity index (χ2v) is 6.25. The van der Waals surface area contributed by atoms with Crippen LogP contribution < -0.4 is 4.90 Å². The van der Waals surface area contributed by atoms with E-state index in [4.69, 9.17) is 4.74 Å². The first-order valence-corrected chi connectivity index (χ1v) is 8.47. The molecule has 1 saturated heterocycles. The lowest BCUT2D eigenvalue weighted by Crippen LogP contribution is -2.37. The Hall–Kier alpha value is -3.03. The average molecular weight is 355 g/mol.